The summed E-state index contributed by atoms with van der Waals surface area (Å²) in [5.41, 5.74) is 9.16. The highest BCUT2D eigenvalue weighted by Crippen LogP contribution is 2.54. The van der Waals surface area contributed by atoms with Gasteiger partial charge in [0.1, 0.15) is 5.69 Å². The van der Waals surface area contributed by atoms with Gasteiger partial charge in [-0.25, -0.2) is 9.50 Å². The molecule has 4 aromatic rings. The molecule has 4 aromatic heterocycles. The Balaban J connectivity index is 1.38. The molecule has 2 atom stereocenters. The van der Waals surface area contributed by atoms with Crippen LogP contribution in [0.25, 0.3) is 17.0 Å². The van der Waals surface area contributed by atoms with Crippen molar-refractivity contribution in [2.75, 3.05) is 0 Å². The van der Waals surface area contributed by atoms with Gasteiger partial charge in [0.15, 0.2) is 5.65 Å². The van der Waals surface area contributed by atoms with Crippen LogP contribution in [-0.2, 0) is 26.9 Å². The van der Waals surface area contributed by atoms with Gasteiger partial charge in [-0.2, -0.15) is 15.3 Å². The monoisotopic (exact) mass is 373 g/mol. The van der Waals surface area contributed by atoms with Gasteiger partial charge in [-0.05, 0) is 61.8 Å². The molecule has 4 heterocycles. The Hall–Kier alpha value is -2.96. The third kappa shape index (κ3) is 2.28. The number of hydrogen-bond acceptors (Lipinski definition) is 4. The molecule has 2 unspecified atom stereocenters. The molecular formula is C21H23N7. The van der Waals surface area contributed by atoms with Gasteiger partial charge in [-0.1, -0.05) is 0 Å². The summed E-state index contributed by atoms with van der Waals surface area (Å²) in [6, 6.07) is 4.36. The Morgan fingerprint density at radius 2 is 1.96 bits per heavy atom. The Morgan fingerprint density at radius 3 is 2.79 bits per heavy atom. The van der Waals surface area contributed by atoms with Gasteiger partial charge in [-0.15, -0.1) is 0 Å². The zero-order valence-electron chi connectivity index (χ0n) is 16.4. The summed E-state index contributed by atoms with van der Waals surface area (Å²) in [5, 5.41) is 14.1. The number of imidazole rings is 1. The van der Waals surface area contributed by atoms with Crippen molar-refractivity contribution in [3.8, 4) is 11.4 Å². The van der Waals surface area contributed by atoms with Crippen LogP contribution in [0.15, 0.2) is 24.5 Å². The molecule has 6 rings (SSSR count). The topological polar surface area (TPSA) is 65.8 Å². The predicted molar refractivity (Wildman–Crippen MR) is 105 cm³/mol. The third-order valence-electron chi connectivity index (χ3n) is 6.26. The normalized spacial score (nSPS) is 20.8. The molecule has 0 aliphatic heterocycles. The average Bonchev–Trinajstić information content (AvgIpc) is 3.03. The molecule has 28 heavy (non-hydrogen) atoms. The van der Waals surface area contributed by atoms with Crippen molar-refractivity contribution in [1.29, 1.82) is 0 Å². The first-order valence-corrected chi connectivity index (χ1v) is 9.99. The van der Waals surface area contributed by atoms with E-state index in [1.54, 1.807) is 0 Å². The maximum atomic E-state index is 4.95. The van der Waals surface area contributed by atoms with E-state index in [-0.39, 0.29) is 0 Å². The lowest BCUT2D eigenvalue weighted by Gasteiger charge is -2.06. The first kappa shape index (κ1) is 16.0. The van der Waals surface area contributed by atoms with Crippen molar-refractivity contribution >= 4 is 5.65 Å². The Morgan fingerprint density at radius 1 is 1.07 bits per heavy atom. The fourth-order valence-electron chi connectivity index (χ4n) is 4.69. The standard InChI is InChI=1S/C21H23N7/c1-12-7-18(25-28-19-6-4-5-16(19)23-21(12)28)20-9-17(24-27(20)3)15-8-14(15)13-10-22-26(2)11-13/h7,9-11,14-15H,4-6,8H2,1-3H3. The molecule has 7 heteroatoms. The molecule has 0 radical (unpaired) electrons. The Kier molecular flexibility index (Phi) is 3.17. The van der Waals surface area contributed by atoms with Crippen LogP contribution in [0, 0.1) is 6.92 Å². The van der Waals surface area contributed by atoms with Crippen molar-refractivity contribution in [3.05, 3.63) is 52.7 Å². The zero-order chi connectivity index (χ0) is 19.0. The fraction of sp³-hybridized carbons (Fsp3) is 0.429. The van der Waals surface area contributed by atoms with Crippen LogP contribution in [0.1, 0.15) is 52.9 Å². The summed E-state index contributed by atoms with van der Waals surface area (Å²) < 4.78 is 5.91. The summed E-state index contributed by atoms with van der Waals surface area (Å²) in [6.07, 6.45) is 8.56. The van der Waals surface area contributed by atoms with E-state index >= 15 is 0 Å². The lowest BCUT2D eigenvalue weighted by atomic mass is 10.1. The Labute approximate surface area is 163 Å². The molecule has 0 amide bonds. The van der Waals surface area contributed by atoms with E-state index in [0.29, 0.717) is 11.8 Å². The van der Waals surface area contributed by atoms with E-state index < -0.39 is 0 Å². The van der Waals surface area contributed by atoms with Crippen LogP contribution in [0.4, 0.5) is 0 Å². The summed E-state index contributed by atoms with van der Waals surface area (Å²) in [5.74, 6) is 1.01. The summed E-state index contributed by atoms with van der Waals surface area (Å²) in [4.78, 5) is 4.81. The number of nitrogens with zero attached hydrogens (tertiary/aromatic N) is 7. The van der Waals surface area contributed by atoms with Crippen LogP contribution in [-0.4, -0.2) is 34.2 Å². The van der Waals surface area contributed by atoms with Crippen molar-refractivity contribution in [1.82, 2.24) is 34.2 Å². The van der Waals surface area contributed by atoms with Crippen LogP contribution in [0.3, 0.4) is 0 Å². The highest BCUT2D eigenvalue weighted by molar-refractivity contribution is 5.61. The van der Waals surface area contributed by atoms with Gasteiger partial charge in [-0.3, -0.25) is 9.36 Å². The smallest absolute Gasteiger partial charge is 0.157 e. The number of rotatable bonds is 3. The minimum Gasteiger partial charge on any atom is -0.276 e. The zero-order valence-corrected chi connectivity index (χ0v) is 16.4. The second kappa shape index (κ2) is 5.53. The number of aromatic nitrogens is 7. The van der Waals surface area contributed by atoms with Crippen LogP contribution in [0.5, 0.6) is 0 Å². The molecule has 0 aromatic carbocycles. The van der Waals surface area contributed by atoms with Crippen molar-refractivity contribution in [2.24, 2.45) is 14.1 Å². The van der Waals surface area contributed by atoms with E-state index in [1.165, 1.54) is 28.9 Å². The quantitative estimate of drug-likeness (QED) is 0.554. The molecule has 0 spiro atoms. The van der Waals surface area contributed by atoms with Gasteiger partial charge in [0.25, 0.3) is 0 Å². The second-order valence-corrected chi connectivity index (χ2v) is 8.28. The number of aryl methyl sites for hydroxylation is 5. The molecule has 0 saturated heterocycles. The lowest BCUT2D eigenvalue weighted by Crippen LogP contribution is -2.03. The van der Waals surface area contributed by atoms with Gasteiger partial charge < -0.3 is 0 Å². The predicted octanol–water partition coefficient (Wildman–Crippen LogP) is 2.93. The maximum absolute atomic E-state index is 4.95. The molecule has 142 valence electrons. The first-order chi connectivity index (χ1) is 13.6. The molecule has 2 aliphatic rings. The van der Waals surface area contributed by atoms with Crippen molar-refractivity contribution < 1.29 is 0 Å². The number of fused-ring (bicyclic) bond motifs is 3. The minimum atomic E-state index is 0.478. The van der Waals surface area contributed by atoms with Crippen molar-refractivity contribution in [2.45, 2.75) is 44.4 Å². The molecular weight excluding hydrogens is 350 g/mol. The molecule has 2 aliphatic carbocycles. The SMILES string of the molecule is Cc1cc(-c2cc(C3CC3c3cnn(C)c3)nn2C)nn2c3c(nc12)CCC3. The van der Waals surface area contributed by atoms with Gasteiger partial charge in [0, 0.05) is 26.2 Å². The van der Waals surface area contributed by atoms with Gasteiger partial charge in [0.05, 0.1) is 29.0 Å². The largest absolute Gasteiger partial charge is 0.276 e. The Bertz CT molecular complexity index is 1230. The van der Waals surface area contributed by atoms with Gasteiger partial charge in [0.2, 0.25) is 0 Å². The lowest BCUT2D eigenvalue weighted by molar-refractivity contribution is 0.740. The van der Waals surface area contributed by atoms with E-state index in [0.717, 1.165) is 42.0 Å². The van der Waals surface area contributed by atoms with Crippen LogP contribution >= 0.6 is 0 Å². The highest BCUT2D eigenvalue weighted by atomic mass is 15.3. The molecule has 1 fully saturated rings. The maximum Gasteiger partial charge on any atom is 0.157 e. The summed E-state index contributed by atoms with van der Waals surface area (Å²) in [6.45, 7) is 2.12. The first-order valence-electron chi connectivity index (χ1n) is 9.99. The third-order valence-corrected chi connectivity index (χ3v) is 6.26. The van der Waals surface area contributed by atoms with E-state index in [1.807, 2.05) is 29.7 Å². The van der Waals surface area contributed by atoms with E-state index in [9.17, 15) is 0 Å². The van der Waals surface area contributed by atoms with Crippen LogP contribution in [0.2, 0.25) is 0 Å². The fourth-order valence-corrected chi connectivity index (χ4v) is 4.69. The van der Waals surface area contributed by atoms with E-state index in [2.05, 4.69) is 34.9 Å². The molecule has 7 nitrogen and oxygen atoms in total. The van der Waals surface area contributed by atoms with Crippen molar-refractivity contribution in [3.63, 3.8) is 0 Å². The molecule has 0 bridgehead atoms. The molecule has 1 saturated carbocycles. The highest BCUT2D eigenvalue weighted by Gasteiger charge is 2.42. The van der Waals surface area contributed by atoms with Crippen LogP contribution < -0.4 is 0 Å². The molecule has 0 N–H and O–H groups in total. The second-order valence-electron chi connectivity index (χ2n) is 8.28. The summed E-state index contributed by atoms with van der Waals surface area (Å²) >= 11 is 0. The number of hydrogen-bond donors (Lipinski definition) is 0. The average molecular weight is 373 g/mol. The minimum absolute atomic E-state index is 0.478. The summed E-state index contributed by atoms with van der Waals surface area (Å²) in [7, 11) is 3.98. The van der Waals surface area contributed by atoms with E-state index in [4.69, 9.17) is 15.2 Å². The van der Waals surface area contributed by atoms with Gasteiger partial charge >= 0.3 is 0 Å².